The number of rotatable bonds is 3. The van der Waals surface area contributed by atoms with Crippen LogP contribution in [0.2, 0.25) is 5.02 Å². The highest BCUT2D eigenvalue weighted by Gasteiger charge is 2.12. The molecule has 2 rings (SSSR count). The summed E-state index contributed by atoms with van der Waals surface area (Å²) in [5.41, 5.74) is 3.59. The lowest BCUT2D eigenvalue weighted by atomic mass is 9.97. The molecule has 3 heteroatoms. The van der Waals surface area contributed by atoms with Gasteiger partial charge in [0.1, 0.15) is 0 Å². The molecule has 0 aromatic heterocycles. The molecule has 0 aliphatic heterocycles. The molecule has 2 aromatic rings. The molecular weight excluding hydrogens is 310 g/mol. The minimum absolute atomic E-state index is 0.162. The Morgan fingerprint density at radius 1 is 1.06 bits per heavy atom. The van der Waals surface area contributed by atoms with E-state index in [9.17, 15) is 0 Å². The van der Waals surface area contributed by atoms with Crippen molar-refractivity contribution < 1.29 is 0 Å². The van der Waals surface area contributed by atoms with E-state index < -0.39 is 0 Å². The summed E-state index contributed by atoms with van der Waals surface area (Å²) < 4.78 is 1.09. The average Bonchev–Trinajstić information content (AvgIpc) is 2.31. The number of benzene rings is 2. The predicted molar refractivity (Wildman–Crippen MR) is 81.2 cm³/mol. The van der Waals surface area contributed by atoms with Crippen LogP contribution in [-0.4, -0.2) is 7.05 Å². The van der Waals surface area contributed by atoms with E-state index in [1.807, 2.05) is 19.2 Å². The molecule has 1 N–H and O–H groups in total. The zero-order valence-corrected chi connectivity index (χ0v) is 12.7. The normalized spacial score (nSPS) is 12.4. The van der Waals surface area contributed by atoms with Crippen molar-refractivity contribution in [2.24, 2.45) is 0 Å². The van der Waals surface area contributed by atoms with E-state index in [-0.39, 0.29) is 6.04 Å². The van der Waals surface area contributed by atoms with Gasteiger partial charge in [0.05, 0.1) is 6.04 Å². The van der Waals surface area contributed by atoms with Gasteiger partial charge in [0.2, 0.25) is 0 Å². The molecular formula is C15H15BrClN. The standard InChI is InChI=1S/C15H15BrClN/c1-10-7-12(9-14(17)8-10)15(18-2)11-3-5-13(16)6-4-11/h3-9,15,18H,1-2H3. The maximum Gasteiger partial charge on any atom is 0.0574 e. The van der Waals surface area contributed by atoms with E-state index in [1.54, 1.807) is 0 Å². The maximum absolute atomic E-state index is 6.13. The summed E-state index contributed by atoms with van der Waals surface area (Å²) in [5.74, 6) is 0. The highest BCUT2D eigenvalue weighted by atomic mass is 79.9. The van der Waals surface area contributed by atoms with E-state index in [1.165, 1.54) is 16.7 Å². The van der Waals surface area contributed by atoms with Crippen molar-refractivity contribution in [3.63, 3.8) is 0 Å². The fourth-order valence-corrected chi connectivity index (χ4v) is 2.67. The van der Waals surface area contributed by atoms with Crippen molar-refractivity contribution in [1.82, 2.24) is 5.32 Å². The molecule has 0 bridgehead atoms. The summed E-state index contributed by atoms with van der Waals surface area (Å²) >= 11 is 9.58. The SMILES string of the molecule is CNC(c1ccc(Br)cc1)c1cc(C)cc(Cl)c1. The first kappa shape index (κ1) is 13.6. The lowest BCUT2D eigenvalue weighted by molar-refractivity contribution is 0.691. The van der Waals surface area contributed by atoms with Gasteiger partial charge in [-0.05, 0) is 54.9 Å². The van der Waals surface area contributed by atoms with E-state index in [2.05, 4.69) is 58.5 Å². The predicted octanol–water partition coefficient (Wildman–Crippen LogP) is 4.72. The van der Waals surface area contributed by atoms with Crippen LogP contribution in [0.1, 0.15) is 22.7 Å². The highest BCUT2D eigenvalue weighted by Crippen LogP contribution is 2.26. The van der Waals surface area contributed by atoms with Gasteiger partial charge < -0.3 is 5.32 Å². The Labute approximate surface area is 121 Å². The molecule has 94 valence electrons. The molecule has 1 unspecified atom stereocenters. The fourth-order valence-electron chi connectivity index (χ4n) is 2.11. The molecule has 0 aliphatic carbocycles. The van der Waals surface area contributed by atoms with Crippen molar-refractivity contribution in [1.29, 1.82) is 0 Å². The summed E-state index contributed by atoms with van der Waals surface area (Å²) in [7, 11) is 1.96. The minimum atomic E-state index is 0.162. The van der Waals surface area contributed by atoms with Crippen LogP contribution < -0.4 is 5.32 Å². The van der Waals surface area contributed by atoms with Crippen LogP contribution in [0.3, 0.4) is 0 Å². The Hall–Kier alpha value is -0.830. The molecule has 0 saturated carbocycles. The van der Waals surface area contributed by atoms with Crippen LogP contribution in [0.15, 0.2) is 46.9 Å². The van der Waals surface area contributed by atoms with E-state index >= 15 is 0 Å². The van der Waals surface area contributed by atoms with Crippen molar-refractivity contribution in [3.8, 4) is 0 Å². The lowest BCUT2D eigenvalue weighted by Gasteiger charge is -2.18. The van der Waals surface area contributed by atoms with Crippen LogP contribution in [0.25, 0.3) is 0 Å². The molecule has 0 heterocycles. The molecule has 0 saturated heterocycles. The largest absolute Gasteiger partial charge is 0.309 e. The molecule has 0 radical (unpaired) electrons. The minimum Gasteiger partial charge on any atom is -0.309 e. The monoisotopic (exact) mass is 323 g/mol. The van der Waals surface area contributed by atoms with Gasteiger partial charge in [-0.15, -0.1) is 0 Å². The van der Waals surface area contributed by atoms with Gasteiger partial charge in [0, 0.05) is 9.50 Å². The van der Waals surface area contributed by atoms with Gasteiger partial charge in [-0.1, -0.05) is 45.7 Å². The average molecular weight is 325 g/mol. The van der Waals surface area contributed by atoms with Crippen LogP contribution in [0.4, 0.5) is 0 Å². The molecule has 18 heavy (non-hydrogen) atoms. The smallest absolute Gasteiger partial charge is 0.0574 e. The number of nitrogens with one attached hydrogen (secondary N) is 1. The van der Waals surface area contributed by atoms with E-state index in [4.69, 9.17) is 11.6 Å². The summed E-state index contributed by atoms with van der Waals surface area (Å²) in [6, 6.07) is 14.6. The Morgan fingerprint density at radius 3 is 2.28 bits per heavy atom. The van der Waals surface area contributed by atoms with Crippen LogP contribution >= 0.6 is 27.5 Å². The van der Waals surface area contributed by atoms with Gasteiger partial charge in [-0.2, -0.15) is 0 Å². The molecule has 0 fully saturated rings. The van der Waals surface area contributed by atoms with Crippen LogP contribution in [0, 0.1) is 6.92 Å². The zero-order valence-electron chi connectivity index (χ0n) is 10.4. The van der Waals surface area contributed by atoms with Crippen molar-refractivity contribution in [3.05, 3.63) is 68.7 Å². The van der Waals surface area contributed by atoms with Crippen molar-refractivity contribution >= 4 is 27.5 Å². The second kappa shape index (κ2) is 5.87. The van der Waals surface area contributed by atoms with Crippen molar-refractivity contribution in [2.75, 3.05) is 7.05 Å². The number of halogens is 2. The second-order valence-electron chi connectivity index (χ2n) is 4.34. The van der Waals surface area contributed by atoms with Crippen molar-refractivity contribution in [2.45, 2.75) is 13.0 Å². The summed E-state index contributed by atoms with van der Waals surface area (Å²) in [6.45, 7) is 2.06. The third-order valence-corrected chi connectivity index (χ3v) is 3.64. The quantitative estimate of drug-likeness (QED) is 0.861. The lowest BCUT2D eigenvalue weighted by Crippen LogP contribution is -2.17. The van der Waals surface area contributed by atoms with Gasteiger partial charge >= 0.3 is 0 Å². The summed E-state index contributed by atoms with van der Waals surface area (Å²) in [4.78, 5) is 0. The van der Waals surface area contributed by atoms with Crippen LogP contribution in [0.5, 0.6) is 0 Å². The third-order valence-electron chi connectivity index (χ3n) is 2.89. The number of aryl methyl sites for hydroxylation is 1. The Balaban J connectivity index is 2.41. The topological polar surface area (TPSA) is 12.0 Å². The first-order valence-electron chi connectivity index (χ1n) is 5.80. The van der Waals surface area contributed by atoms with E-state index in [0.29, 0.717) is 0 Å². The summed E-state index contributed by atoms with van der Waals surface area (Å²) in [5, 5.41) is 4.11. The van der Waals surface area contributed by atoms with E-state index in [0.717, 1.165) is 9.50 Å². The van der Waals surface area contributed by atoms with Gasteiger partial charge in [-0.25, -0.2) is 0 Å². The molecule has 0 amide bonds. The second-order valence-corrected chi connectivity index (χ2v) is 5.69. The maximum atomic E-state index is 6.13. The molecule has 0 spiro atoms. The number of hydrogen-bond donors (Lipinski definition) is 1. The Morgan fingerprint density at radius 2 is 1.72 bits per heavy atom. The zero-order chi connectivity index (χ0) is 13.1. The Bertz CT molecular complexity index is 516. The number of hydrogen-bond acceptors (Lipinski definition) is 1. The first-order chi connectivity index (χ1) is 8.60. The van der Waals surface area contributed by atoms with Gasteiger partial charge in [0.15, 0.2) is 0 Å². The molecule has 2 aromatic carbocycles. The molecule has 1 atom stereocenters. The first-order valence-corrected chi connectivity index (χ1v) is 6.97. The Kier molecular flexibility index (Phi) is 4.44. The molecule has 0 aliphatic rings. The van der Waals surface area contributed by atoms with Gasteiger partial charge in [0.25, 0.3) is 0 Å². The third kappa shape index (κ3) is 3.14. The molecule has 1 nitrogen and oxygen atoms in total. The van der Waals surface area contributed by atoms with Crippen LogP contribution in [-0.2, 0) is 0 Å². The fraction of sp³-hybridized carbons (Fsp3) is 0.200. The van der Waals surface area contributed by atoms with Gasteiger partial charge in [-0.3, -0.25) is 0 Å². The highest BCUT2D eigenvalue weighted by molar-refractivity contribution is 9.10. The summed E-state index contributed by atoms with van der Waals surface area (Å²) in [6.07, 6.45) is 0.